The molecular formula is C11H21N3O3. The van der Waals surface area contributed by atoms with E-state index in [0.29, 0.717) is 19.6 Å². The van der Waals surface area contributed by atoms with Crippen molar-refractivity contribution in [1.82, 2.24) is 4.90 Å². The molecule has 1 saturated heterocycles. The molecule has 0 aromatic heterocycles. The van der Waals surface area contributed by atoms with Gasteiger partial charge >= 0.3 is 0 Å². The van der Waals surface area contributed by atoms with Gasteiger partial charge in [0.05, 0.1) is 6.04 Å². The summed E-state index contributed by atoms with van der Waals surface area (Å²) < 4.78 is 5.00. The van der Waals surface area contributed by atoms with Gasteiger partial charge in [-0.15, -0.1) is 0 Å². The maximum atomic E-state index is 12.0. The zero-order chi connectivity index (χ0) is 12.8. The first-order chi connectivity index (χ1) is 8.10. The van der Waals surface area contributed by atoms with Gasteiger partial charge in [-0.3, -0.25) is 4.79 Å². The van der Waals surface area contributed by atoms with Crippen LogP contribution >= 0.6 is 0 Å². The molecule has 0 aliphatic carbocycles. The molecule has 1 amide bonds. The third-order valence-electron chi connectivity index (χ3n) is 3.00. The summed E-state index contributed by atoms with van der Waals surface area (Å²) in [6.07, 6.45) is 2.09. The van der Waals surface area contributed by atoms with E-state index < -0.39 is 0 Å². The molecule has 0 saturated carbocycles. The van der Waals surface area contributed by atoms with Gasteiger partial charge in [0.1, 0.15) is 0 Å². The lowest BCUT2D eigenvalue weighted by Gasteiger charge is -2.24. The van der Waals surface area contributed by atoms with Crippen molar-refractivity contribution < 1.29 is 14.7 Å². The zero-order valence-corrected chi connectivity index (χ0v) is 10.4. The van der Waals surface area contributed by atoms with Crippen LogP contribution in [-0.2, 0) is 9.53 Å². The second-order valence-electron chi connectivity index (χ2n) is 4.53. The fourth-order valence-corrected chi connectivity index (χ4v) is 2.20. The molecule has 0 aromatic carbocycles. The Labute approximate surface area is 101 Å². The standard InChI is InChI=1S/C11H21N3O3/c1-8(7-17-2)6-10(15)14-5-3-4-9(14)11(12)13-16/h8-9,16H,3-7H2,1-2H3,(H2,12,13). The van der Waals surface area contributed by atoms with Crippen LogP contribution in [0.2, 0.25) is 0 Å². The van der Waals surface area contributed by atoms with Crippen molar-refractivity contribution in [3.63, 3.8) is 0 Å². The number of ether oxygens (including phenoxy) is 1. The van der Waals surface area contributed by atoms with Gasteiger partial charge in [-0.2, -0.15) is 0 Å². The molecule has 3 N–H and O–H groups in total. The lowest BCUT2D eigenvalue weighted by Crippen LogP contribution is -2.44. The van der Waals surface area contributed by atoms with Crippen molar-refractivity contribution in [2.45, 2.75) is 32.2 Å². The van der Waals surface area contributed by atoms with Gasteiger partial charge in [0.25, 0.3) is 0 Å². The first-order valence-electron chi connectivity index (χ1n) is 5.86. The Bertz CT molecular complexity index is 294. The van der Waals surface area contributed by atoms with Gasteiger partial charge in [0.2, 0.25) is 5.91 Å². The van der Waals surface area contributed by atoms with Gasteiger partial charge in [-0.25, -0.2) is 0 Å². The monoisotopic (exact) mass is 243 g/mol. The minimum absolute atomic E-state index is 0.0450. The number of amidine groups is 1. The Kier molecular flexibility index (Phi) is 5.21. The molecule has 1 fully saturated rings. The van der Waals surface area contributed by atoms with Crippen LogP contribution < -0.4 is 5.73 Å². The Morgan fingerprint density at radius 2 is 2.41 bits per heavy atom. The lowest BCUT2D eigenvalue weighted by atomic mass is 10.1. The number of oxime groups is 1. The fourth-order valence-electron chi connectivity index (χ4n) is 2.20. The number of likely N-dealkylation sites (tertiary alicyclic amines) is 1. The van der Waals surface area contributed by atoms with Crippen LogP contribution in [-0.4, -0.2) is 48.2 Å². The van der Waals surface area contributed by atoms with E-state index in [1.54, 1.807) is 12.0 Å². The van der Waals surface area contributed by atoms with E-state index in [0.717, 1.165) is 12.8 Å². The number of methoxy groups -OCH3 is 1. The lowest BCUT2D eigenvalue weighted by molar-refractivity contribution is -0.132. The van der Waals surface area contributed by atoms with Crippen LogP contribution in [0.1, 0.15) is 26.2 Å². The average Bonchev–Trinajstić information content (AvgIpc) is 2.77. The van der Waals surface area contributed by atoms with Gasteiger partial charge in [-0.05, 0) is 18.8 Å². The molecular weight excluding hydrogens is 222 g/mol. The molecule has 2 unspecified atom stereocenters. The van der Waals surface area contributed by atoms with Crippen molar-refractivity contribution in [2.75, 3.05) is 20.3 Å². The Hall–Kier alpha value is -1.30. The van der Waals surface area contributed by atoms with E-state index in [1.807, 2.05) is 6.92 Å². The second-order valence-corrected chi connectivity index (χ2v) is 4.53. The number of hydrogen-bond acceptors (Lipinski definition) is 4. The van der Waals surface area contributed by atoms with Gasteiger partial charge in [0.15, 0.2) is 5.84 Å². The maximum absolute atomic E-state index is 12.0. The number of carbonyl (C=O) groups excluding carboxylic acids is 1. The number of nitrogens with zero attached hydrogens (tertiary/aromatic N) is 2. The number of rotatable bonds is 5. The number of amides is 1. The summed E-state index contributed by atoms with van der Waals surface area (Å²) in [7, 11) is 1.62. The van der Waals surface area contributed by atoms with E-state index in [-0.39, 0.29) is 23.7 Å². The quantitative estimate of drug-likeness (QED) is 0.316. The second kappa shape index (κ2) is 6.44. The smallest absolute Gasteiger partial charge is 0.223 e. The highest BCUT2D eigenvalue weighted by molar-refractivity contribution is 5.90. The van der Waals surface area contributed by atoms with Crippen molar-refractivity contribution in [1.29, 1.82) is 0 Å². The van der Waals surface area contributed by atoms with Gasteiger partial charge < -0.3 is 20.6 Å². The molecule has 1 aliphatic heterocycles. The highest BCUT2D eigenvalue weighted by Crippen LogP contribution is 2.19. The summed E-state index contributed by atoms with van der Waals surface area (Å²) in [6, 6.07) is -0.248. The minimum Gasteiger partial charge on any atom is -0.409 e. The van der Waals surface area contributed by atoms with Crippen molar-refractivity contribution in [3.8, 4) is 0 Å². The Morgan fingerprint density at radius 3 is 3.00 bits per heavy atom. The largest absolute Gasteiger partial charge is 0.409 e. The summed E-state index contributed by atoms with van der Waals surface area (Å²) >= 11 is 0. The highest BCUT2D eigenvalue weighted by atomic mass is 16.5. The molecule has 6 heteroatoms. The SMILES string of the molecule is COCC(C)CC(=O)N1CCCC1C(N)=NO. The number of carbonyl (C=O) groups is 1. The van der Waals surface area contributed by atoms with Crippen molar-refractivity contribution in [2.24, 2.45) is 16.8 Å². The third kappa shape index (κ3) is 3.59. The molecule has 1 aliphatic rings. The van der Waals surface area contributed by atoms with E-state index in [2.05, 4.69) is 5.16 Å². The van der Waals surface area contributed by atoms with E-state index in [9.17, 15) is 4.79 Å². The van der Waals surface area contributed by atoms with E-state index in [1.165, 1.54) is 0 Å². The van der Waals surface area contributed by atoms with Crippen LogP contribution in [0.3, 0.4) is 0 Å². The van der Waals surface area contributed by atoms with E-state index >= 15 is 0 Å². The average molecular weight is 243 g/mol. The summed E-state index contributed by atoms with van der Waals surface area (Å²) in [5.41, 5.74) is 5.58. The van der Waals surface area contributed by atoms with Crippen LogP contribution in [0.4, 0.5) is 0 Å². The van der Waals surface area contributed by atoms with Crippen molar-refractivity contribution >= 4 is 11.7 Å². The third-order valence-corrected chi connectivity index (χ3v) is 3.00. The minimum atomic E-state index is -0.248. The zero-order valence-electron chi connectivity index (χ0n) is 10.4. The highest BCUT2D eigenvalue weighted by Gasteiger charge is 2.32. The number of hydrogen-bond donors (Lipinski definition) is 2. The van der Waals surface area contributed by atoms with Crippen molar-refractivity contribution in [3.05, 3.63) is 0 Å². The van der Waals surface area contributed by atoms with E-state index in [4.69, 9.17) is 15.7 Å². The molecule has 0 spiro atoms. The number of nitrogens with two attached hydrogens (primary N) is 1. The van der Waals surface area contributed by atoms with Crippen LogP contribution in [0.5, 0.6) is 0 Å². The topological polar surface area (TPSA) is 88.2 Å². The first kappa shape index (κ1) is 13.8. The molecule has 0 bridgehead atoms. The molecule has 0 aromatic rings. The Balaban J connectivity index is 2.56. The molecule has 1 heterocycles. The summed E-state index contributed by atoms with van der Waals surface area (Å²) in [5, 5.41) is 11.7. The predicted molar refractivity (Wildman–Crippen MR) is 63.8 cm³/mol. The molecule has 1 rings (SSSR count). The van der Waals surface area contributed by atoms with Gasteiger partial charge in [-0.1, -0.05) is 12.1 Å². The van der Waals surface area contributed by atoms with Gasteiger partial charge in [0, 0.05) is 26.7 Å². The maximum Gasteiger partial charge on any atom is 0.223 e. The summed E-state index contributed by atoms with van der Waals surface area (Å²) in [6.45, 7) is 3.21. The molecule has 2 atom stereocenters. The Morgan fingerprint density at radius 1 is 1.71 bits per heavy atom. The molecule has 17 heavy (non-hydrogen) atoms. The first-order valence-corrected chi connectivity index (χ1v) is 5.86. The molecule has 6 nitrogen and oxygen atoms in total. The molecule has 0 radical (unpaired) electrons. The van der Waals surface area contributed by atoms with Crippen LogP contribution in [0, 0.1) is 5.92 Å². The molecule has 98 valence electrons. The predicted octanol–water partition coefficient (Wildman–Crippen LogP) is 0.396. The summed E-state index contributed by atoms with van der Waals surface area (Å²) in [4.78, 5) is 13.7. The van der Waals surface area contributed by atoms with Crippen LogP contribution in [0.15, 0.2) is 5.16 Å². The summed E-state index contributed by atoms with van der Waals surface area (Å²) in [5.74, 6) is 0.347. The normalized spacial score (nSPS) is 22.8. The fraction of sp³-hybridized carbons (Fsp3) is 0.818. The van der Waals surface area contributed by atoms with Crippen LogP contribution in [0.25, 0.3) is 0 Å².